The van der Waals surface area contributed by atoms with Crippen molar-refractivity contribution in [1.82, 2.24) is 0 Å². The van der Waals surface area contributed by atoms with E-state index >= 15 is 0 Å². The van der Waals surface area contributed by atoms with Gasteiger partial charge in [0.1, 0.15) is 0 Å². The molecule has 1 aliphatic heterocycles. The van der Waals surface area contributed by atoms with Gasteiger partial charge in [0.25, 0.3) is 10.1 Å². The molecule has 1 aromatic carbocycles. The molecule has 7 atom stereocenters. The zero-order valence-electron chi connectivity index (χ0n) is 23.0. The Bertz CT molecular complexity index is 1230. The Balaban J connectivity index is 0.00000294. The van der Waals surface area contributed by atoms with Crippen LogP contribution in [0.15, 0.2) is 52.5 Å². The second-order valence-electron chi connectivity index (χ2n) is 12.5. The van der Waals surface area contributed by atoms with Gasteiger partial charge in [-0.25, -0.2) is 0 Å². The van der Waals surface area contributed by atoms with E-state index in [1.807, 2.05) is 13.8 Å². The standard InChI is InChI=1S/C30H40O6S.Ac/c1-19-5-8-22(9-6-19)37(32,33)36-21-13-14-28(2)20(17-21)7-10-23-24-11-12-26(30(4)34-15-16-35-30)29(24,3)27(31)18-25(23)28;/h5-9,11,21,23,25-27,31H,10,12-18H2,1-4H3;/t21-,23?,25?,26?,27?,28-,29-;/m0./s1. The van der Waals surface area contributed by atoms with Crippen LogP contribution in [0.4, 0.5) is 0 Å². The van der Waals surface area contributed by atoms with Crippen molar-refractivity contribution >= 4 is 10.1 Å². The molecule has 1 N–H and O–H groups in total. The number of fused-ring (bicyclic) bond motifs is 5. The van der Waals surface area contributed by atoms with Gasteiger partial charge in [-0.2, -0.15) is 8.42 Å². The topological polar surface area (TPSA) is 82.1 Å². The fraction of sp³-hybridized carbons (Fsp3) is 0.667. The third-order valence-corrected chi connectivity index (χ3v) is 12.0. The number of hydrogen-bond acceptors (Lipinski definition) is 6. The molecular weight excluding hydrogens is 715 g/mol. The van der Waals surface area contributed by atoms with Gasteiger partial charge in [0.05, 0.1) is 30.3 Å². The molecule has 0 aromatic heterocycles. The molecule has 6 rings (SSSR count). The Morgan fingerprint density at radius 3 is 2.39 bits per heavy atom. The van der Waals surface area contributed by atoms with Gasteiger partial charge in [-0.3, -0.25) is 4.18 Å². The van der Waals surface area contributed by atoms with E-state index in [2.05, 4.69) is 26.0 Å². The van der Waals surface area contributed by atoms with Crippen LogP contribution < -0.4 is 0 Å². The van der Waals surface area contributed by atoms with Gasteiger partial charge < -0.3 is 14.6 Å². The maximum atomic E-state index is 12.9. The van der Waals surface area contributed by atoms with Crippen LogP contribution in [0.1, 0.15) is 64.9 Å². The van der Waals surface area contributed by atoms with E-state index in [1.165, 1.54) is 11.1 Å². The fourth-order valence-electron chi connectivity index (χ4n) is 8.47. The first-order valence-electron chi connectivity index (χ1n) is 13.8. The number of ether oxygens (including phenoxy) is 2. The second-order valence-corrected chi connectivity index (χ2v) is 14.1. The van der Waals surface area contributed by atoms with Gasteiger partial charge in [-0.15, -0.1) is 0 Å². The molecule has 1 heterocycles. The van der Waals surface area contributed by atoms with Crippen molar-refractivity contribution in [2.75, 3.05) is 13.2 Å². The van der Waals surface area contributed by atoms with E-state index in [0.29, 0.717) is 37.9 Å². The number of rotatable bonds is 4. The molecule has 1 radical (unpaired) electrons. The van der Waals surface area contributed by atoms with Crippen LogP contribution >= 0.6 is 0 Å². The van der Waals surface area contributed by atoms with Gasteiger partial charge in [-0.05, 0) is 81.8 Å². The zero-order valence-corrected chi connectivity index (χ0v) is 28.5. The molecule has 5 aliphatic rings. The van der Waals surface area contributed by atoms with Crippen LogP contribution in [0.25, 0.3) is 0 Å². The summed E-state index contributed by atoms with van der Waals surface area (Å²) in [5, 5.41) is 11.7. The minimum Gasteiger partial charge on any atom is -0.392 e. The SMILES string of the molecule is Cc1ccc(S(=O)(=O)O[C@H]2CC[C@@]3(C)C(=CCC4C5=CCC(C6(C)OCCO6)[C@@]5(C)C(O)CC43)C2)cc1.[Ac]. The number of aliphatic hydroxyl groups is 1. The summed E-state index contributed by atoms with van der Waals surface area (Å²) in [6.45, 7) is 9.73. The maximum Gasteiger partial charge on any atom is 0.297 e. The smallest absolute Gasteiger partial charge is 0.297 e. The van der Waals surface area contributed by atoms with Crippen molar-refractivity contribution in [1.29, 1.82) is 0 Å². The Kier molecular flexibility index (Phi) is 8.00. The van der Waals surface area contributed by atoms with Gasteiger partial charge in [0, 0.05) is 55.4 Å². The molecule has 0 amide bonds. The van der Waals surface area contributed by atoms with Gasteiger partial charge in [-0.1, -0.05) is 54.8 Å². The number of aryl methyl sites for hydroxylation is 1. The Hall–Kier alpha value is -0.0684. The van der Waals surface area contributed by atoms with E-state index in [0.717, 1.165) is 31.2 Å². The maximum absolute atomic E-state index is 12.9. The largest absolute Gasteiger partial charge is 0.392 e. The molecule has 8 heteroatoms. The molecule has 38 heavy (non-hydrogen) atoms. The van der Waals surface area contributed by atoms with Crippen LogP contribution in [0.5, 0.6) is 0 Å². The van der Waals surface area contributed by atoms with Crippen molar-refractivity contribution in [2.45, 2.75) is 89.1 Å². The van der Waals surface area contributed by atoms with Crippen molar-refractivity contribution in [3.8, 4) is 0 Å². The third-order valence-electron chi connectivity index (χ3n) is 10.6. The quantitative estimate of drug-likeness (QED) is 0.332. The van der Waals surface area contributed by atoms with E-state index in [-0.39, 0.29) is 71.8 Å². The first kappa shape index (κ1) is 29.4. The van der Waals surface area contributed by atoms with Crippen molar-refractivity contribution < 1.29 is 71.2 Å². The van der Waals surface area contributed by atoms with Crippen molar-refractivity contribution in [3.63, 3.8) is 0 Å². The summed E-state index contributed by atoms with van der Waals surface area (Å²) in [6.07, 6.45) is 8.60. The van der Waals surface area contributed by atoms with Crippen molar-refractivity contribution in [2.24, 2.45) is 28.6 Å². The predicted molar refractivity (Wildman–Crippen MR) is 140 cm³/mol. The molecule has 3 fully saturated rings. The number of benzene rings is 1. The van der Waals surface area contributed by atoms with Crippen LogP contribution in [-0.2, 0) is 23.8 Å². The van der Waals surface area contributed by atoms with E-state index < -0.39 is 22.0 Å². The first-order chi connectivity index (χ1) is 17.5. The summed E-state index contributed by atoms with van der Waals surface area (Å²) in [4.78, 5) is 0.213. The zero-order chi connectivity index (χ0) is 26.2. The number of hydrogen-bond donors (Lipinski definition) is 1. The normalized spacial score (nSPS) is 39.8. The van der Waals surface area contributed by atoms with E-state index in [9.17, 15) is 13.5 Å². The molecule has 1 aromatic rings. The van der Waals surface area contributed by atoms with Crippen LogP contribution in [0.2, 0.25) is 0 Å². The summed E-state index contributed by atoms with van der Waals surface area (Å²) >= 11 is 0. The average Bonchev–Trinajstić information content (AvgIpc) is 3.45. The van der Waals surface area contributed by atoms with Gasteiger partial charge >= 0.3 is 0 Å². The average molecular weight is 756 g/mol. The summed E-state index contributed by atoms with van der Waals surface area (Å²) in [5.74, 6) is 0.153. The predicted octanol–water partition coefficient (Wildman–Crippen LogP) is 5.30. The van der Waals surface area contributed by atoms with E-state index in [4.69, 9.17) is 13.7 Å². The Morgan fingerprint density at radius 2 is 1.71 bits per heavy atom. The monoisotopic (exact) mass is 755 g/mol. The minimum absolute atomic E-state index is 0. The number of aliphatic hydroxyl groups excluding tert-OH is 1. The fourth-order valence-corrected chi connectivity index (χ4v) is 9.57. The van der Waals surface area contributed by atoms with E-state index in [1.54, 1.807) is 24.3 Å². The summed E-state index contributed by atoms with van der Waals surface area (Å²) in [7, 11) is -3.81. The van der Waals surface area contributed by atoms with Gasteiger partial charge in [0.15, 0.2) is 5.79 Å². The Morgan fingerprint density at radius 1 is 1.03 bits per heavy atom. The summed E-state index contributed by atoms with van der Waals surface area (Å²) < 4.78 is 43.8. The summed E-state index contributed by atoms with van der Waals surface area (Å²) in [5.41, 5.74) is 3.26. The van der Waals surface area contributed by atoms with Crippen LogP contribution in [0.3, 0.4) is 0 Å². The molecule has 4 unspecified atom stereocenters. The van der Waals surface area contributed by atoms with Gasteiger partial charge in [0.2, 0.25) is 0 Å². The summed E-state index contributed by atoms with van der Waals surface area (Å²) in [6, 6.07) is 6.84. The third kappa shape index (κ3) is 4.57. The molecule has 0 spiro atoms. The van der Waals surface area contributed by atoms with Crippen molar-refractivity contribution in [3.05, 3.63) is 53.1 Å². The molecule has 205 valence electrons. The molecule has 0 bridgehead atoms. The molecule has 6 nitrogen and oxygen atoms in total. The molecular formula is C30H40AcO6S. The number of allylic oxidation sites excluding steroid dienone is 2. The minimum atomic E-state index is -3.81. The molecule has 2 saturated carbocycles. The van der Waals surface area contributed by atoms with Crippen LogP contribution in [-0.4, -0.2) is 44.7 Å². The Labute approximate surface area is 263 Å². The first-order valence-corrected chi connectivity index (χ1v) is 15.2. The molecule has 4 aliphatic carbocycles. The van der Waals surface area contributed by atoms with Crippen LogP contribution in [0, 0.1) is 79.6 Å². The second kappa shape index (κ2) is 10.3. The molecule has 1 saturated heterocycles.